The van der Waals surface area contributed by atoms with Crippen LogP contribution < -0.4 is 5.73 Å². The summed E-state index contributed by atoms with van der Waals surface area (Å²) in [5.41, 5.74) is 5.33. The van der Waals surface area contributed by atoms with Crippen LogP contribution in [0.2, 0.25) is 0 Å². The zero-order valence-corrected chi connectivity index (χ0v) is 10.1. The zero-order chi connectivity index (χ0) is 11.5. The molecule has 2 N–H and O–H groups in total. The summed E-state index contributed by atoms with van der Waals surface area (Å²) in [6.07, 6.45) is 2.93. The standard InChI is InChI=1S/C12H21NO2/c1-10(2)11(3)5-6-12(10,9(13)14)7-8(11)15-4/h8H,5-7H2,1-4H3,(H2,13,14). The van der Waals surface area contributed by atoms with Gasteiger partial charge in [0.2, 0.25) is 5.91 Å². The number of hydrogen-bond acceptors (Lipinski definition) is 2. The molecular formula is C12H21NO2. The van der Waals surface area contributed by atoms with E-state index < -0.39 is 0 Å². The van der Waals surface area contributed by atoms with Gasteiger partial charge in [0.05, 0.1) is 11.5 Å². The third-order valence-corrected chi connectivity index (χ3v) is 5.70. The second kappa shape index (κ2) is 2.76. The van der Waals surface area contributed by atoms with Crippen LogP contribution in [0.4, 0.5) is 0 Å². The number of ether oxygens (including phenoxy) is 1. The van der Waals surface area contributed by atoms with Gasteiger partial charge in [0, 0.05) is 7.11 Å². The van der Waals surface area contributed by atoms with Crippen LogP contribution in [0.1, 0.15) is 40.0 Å². The molecule has 2 aliphatic rings. The summed E-state index contributed by atoms with van der Waals surface area (Å²) >= 11 is 0. The molecule has 3 heteroatoms. The van der Waals surface area contributed by atoms with Gasteiger partial charge in [0.25, 0.3) is 0 Å². The maximum atomic E-state index is 11.8. The van der Waals surface area contributed by atoms with E-state index in [4.69, 9.17) is 10.5 Å². The lowest BCUT2D eigenvalue weighted by molar-refractivity contribution is -0.132. The predicted molar refractivity (Wildman–Crippen MR) is 58.2 cm³/mol. The molecule has 1 amide bonds. The molecule has 3 atom stereocenters. The van der Waals surface area contributed by atoms with Crippen LogP contribution in [0.25, 0.3) is 0 Å². The van der Waals surface area contributed by atoms with Gasteiger partial charge in [-0.2, -0.15) is 0 Å². The van der Waals surface area contributed by atoms with Crippen molar-refractivity contribution in [3.63, 3.8) is 0 Å². The average molecular weight is 211 g/mol. The number of nitrogens with two attached hydrogens (primary N) is 1. The molecule has 2 bridgehead atoms. The molecular weight excluding hydrogens is 190 g/mol. The van der Waals surface area contributed by atoms with Gasteiger partial charge in [-0.05, 0) is 30.1 Å². The number of carbonyl (C=O) groups excluding carboxylic acids is 1. The second-order valence-electron chi connectivity index (χ2n) is 5.92. The Labute approximate surface area is 91.4 Å². The molecule has 0 aromatic heterocycles. The van der Waals surface area contributed by atoms with E-state index in [2.05, 4.69) is 20.8 Å². The third kappa shape index (κ3) is 0.930. The van der Waals surface area contributed by atoms with Crippen molar-refractivity contribution in [2.75, 3.05) is 7.11 Å². The first kappa shape index (κ1) is 10.9. The summed E-state index contributed by atoms with van der Waals surface area (Å²) in [5.74, 6) is -0.143. The molecule has 15 heavy (non-hydrogen) atoms. The molecule has 2 fully saturated rings. The molecule has 3 unspecified atom stereocenters. The van der Waals surface area contributed by atoms with E-state index in [0.29, 0.717) is 0 Å². The highest BCUT2D eigenvalue weighted by atomic mass is 16.5. The van der Waals surface area contributed by atoms with Gasteiger partial charge in [-0.25, -0.2) is 0 Å². The Bertz CT molecular complexity index is 313. The van der Waals surface area contributed by atoms with Crippen LogP contribution in [0, 0.1) is 16.2 Å². The van der Waals surface area contributed by atoms with E-state index in [9.17, 15) is 4.79 Å². The lowest BCUT2D eigenvalue weighted by Crippen LogP contribution is -2.44. The largest absolute Gasteiger partial charge is 0.381 e. The van der Waals surface area contributed by atoms with Crippen molar-refractivity contribution >= 4 is 5.91 Å². The molecule has 86 valence electrons. The van der Waals surface area contributed by atoms with Crippen LogP contribution in [0.5, 0.6) is 0 Å². The van der Waals surface area contributed by atoms with E-state index in [0.717, 1.165) is 19.3 Å². The van der Waals surface area contributed by atoms with Crippen molar-refractivity contribution < 1.29 is 9.53 Å². The maximum Gasteiger partial charge on any atom is 0.224 e. The maximum absolute atomic E-state index is 11.8. The lowest BCUT2D eigenvalue weighted by atomic mass is 9.64. The minimum Gasteiger partial charge on any atom is -0.381 e. The summed E-state index contributed by atoms with van der Waals surface area (Å²) in [4.78, 5) is 11.8. The fourth-order valence-electron chi connectivity index (χ4n) is 3.98. The summed E-state index contributed by atoms with van der Waals surface area (Å²) < 4.78 is 5.55. The fourth-order valence-corrected chi connectivity index (χ4v) is 3.98. The molecule has 0 radical (unpaired) electrons. The SMILES string of the molecule is COC1CC2(C(N)=O)CCC1(C)C2(C)C. The molecule has 2 rings (SSSR count). The smallest absolute Gasteiger partial charge is 0.224 e. The van der Waals surface area contributed by atoms with Crippen LogP contribution >= 0.6 is 0 Å². The molecule has 0 aliphatic heterocycles. The molecule has 0 aromatic carbocycles. The quantitative estimate of drug-likeness (QED) is 0.756. The van der Waals surface area contributed by atoms with Gasteiger partial charge in [0.15, 0.2) is 0 Å². The van der Waals surface area contributed by atoms with Gasteiger partial charge in [-0.1, -0.05) is 20.8 Å². The Hall–Kier alpha value is -0.570. The monoisotopic (exact) mass is 211 g/mol. The number of hydrogen-bond donors (Lipinski definition) is 1. The molecule has 0 aromatic rings. The number of fused-ring (bicyclic) bond motifs is 2. The van der Waals surface area contributed by atoms with Gasteiger partial charge in [-0.3, -0.25) is 4.79 Å². The average Bonchev–Trinajstić information content (AvgIpc) is 2.46. The topological polar surface area (TPSA) is 52.3 Å². The second-order valence-corrected chi connectivity index (χ2v) is 5.92. The van der Waals surface area contributed by atoms with E-state index in [1.807, 2.05) is 0 Å². The first-order valence-electron chi connectivity index (χ1n) is 5.64. The summed E-state index contributed by atoms with van der Waals surface area (Å²) in [6, 6.07) is 0. The Kier molecular flexibility index (Phi) is 2.01. The Balaban J connectivity index is 2.50. The molecule has 3 nitrogen and oxygen atoms in total. The van der Waals surface area contributed by atoms with E-state index in [1.54, 1.807) is 7.11 Å². The summed E-state index contributed by atoms with van der Waals surface area (Å²) in [5, 5.41) is 0. The predicted octanol–water partition coefficient (Wildman–Crippen LogP) is 1.70. The van der Waals surface area contributed by atoms with Crippen LogP contribution in [0.3, 0.4) is 0 Å². The third-order valence-electron chi connectivity index (χ3n) is 5.70. The Morgan fingerprint density at radius 3 is 2.27 bits per heavy atom. The normalized spacial score (nSPS) is 47.1. The van der Waals surface area contributed by atoms with E-state index in [-0.39, 0.29) is 28.3 Å². The minimum atomic E-state index is -0.345. The number of methoxy groups -OCH3 is 1. The number of rotatable bonds is 2. The highest BCUT2D eigenvalue weighted by molar-refractivity contribution is 5.83. The highest BCUT2D eigenvalue weighted by Crippen LogP contribution is 2.72. The van der Waals surface area contributed by atoms with Gasteiger partial charge < -0.3 is 10.5 Å². The van der Waals surface area contributed by atoms with Crippen molar-refractivity contribution in [1.82, 2.24) is 0 Å². The van der Waals surface area contributed by atoms with Gasteiger partial charge in [0.1, 0.15) is 0 Å². The number of amides is 1. The lowest BCUT2D eigenvalue weighted by Gasteiger charge is -2.40. The summed E-state index contributed by atoms with van der Waals surface area (Å²) in [6.45, 7) is 6.58. The van der Waals surface area contributed by atoms with Crippen LogP contribution in [0.15, 0.2) is 0 Å². The summed E-state index contributed by atoms with van der Waals surface area (Å²) in [7, 11) is 1.74. The molecule has 2 saturated carbocycles. The highest BCUT2D eigenvalue weighted by Gasteiger charge is 2.72. The van der Waals surface area contributed by atoms with E-state index >= 15 is 0 Å². The Morgan fingerprint density at radius 1 is 1.33 bits per heavy atom. The van der Waals surface area contributed by atoms with Crippen LogP contribution in [-0.2, 0) is 9.53 Å². The van der Waals surface area contributed by atoms with Crippen LogP contribution in [-0.4, -0.2) is 19.1 Å². The van der Waals surface area contributed by atoms with Crippen molar-refractivity contribution in [3.05, 3.63) is 0 Å². The number of primary amides is 1. The first-order chi connectivity index (χ1) is 6.82. The Morgan fingerprint density at radius 2 is 1.93 bits per heavy atom. The van der Waals surface area contributed by atoms with Gasteiger partial charge in [-0.15, -0.1) is 0 Å². The van der Waals surface area contributed by atoms with Gasteiger partial charge >= 0.3 is 0 Å². The van der Waals surface area contributed by atoms with E-state index in [1.165, 1.54) is 0 Å². The van der Waals surface area contributed by atoms with Crippen molar-refractivity contribution in [2.45, 2.75) is 46.1 Å². The van der Waals surface area contributed by atoms with Crippen molar-refractivity contribution in [1.29, 1.82) is 0 Å². The van der Waals surface area contributed by atoms with Crippen molar-refractivity contribution in [3.8, 4) is 0 Å². The number of carbonyl (C=O) groups is 1. The first-order valence-corrected chi connectivity index (χ1v) is 5.64. The molecule has 0 heterocycles. The fraction of sp³-hybridized carbons (Fsp3) is 0.917. The zero-order valence-electron chi connectivity index (χ0n) is 10.1. The molecule has 0 saturated heterocycles. The van der Waals surface area contributed by atoms with Crippen molar-refractivity contribution in [2.24, 2.45) is 22.0 Å². The molecule has 0 spiro atoms. The molecule has 2 aliphatic carbocycles. The minimum absolute atomic E-state index is 0.0491.